The molecule has 3 unspecified atom stereocenters. The normalized spacial score (nSPS) is 20.8. The average molecular weight is 471 g/mol. The summed E-state index contributed by atoms with van der Waals surface area (Å²) < 4.78 is 11.9. The van der Waals surface area contributed by atoms with E-state index in [1.165, 1.54) is 18.2 Å². The van der Waals surface area contributed by atoms with Crippen LogP contribution in [0.3, 0.4) is 0 Å². The molecule has 3 atom stereocenters. The summed E-state index contributed by atoms with van der Waals surface area (Å²) >= 11 is 0. The van der Waals surface area contributed by atoms with Gasteiger partial charge < -0.3 is 34.7 Å². The first-order valence-corrected chi connectivity index (χ1v) is 11.4. The summed E-state index contributed by atoms with van der Waals surface area (Å²) in [6.07, 6.45) is 0.292. The van der Waals surface area contributed by atoms with Crippen molar-refractivity contribution >= 4 is 11.0 Å². The van der Waals surface area contributed by atoms with Crippen molar-refractivity contribution in [2.24, 2.45) is 5.92 Å². The molecule has 3 aromatic rings. The van der Waals surface area contributed by atoms with E-state index in [4.69, 9.17) is 9.15 Å². The smallest absolute Gasteiger partial charge is 0.196 e. The monoisotopic (exact) mass is 470 g/mol. The summed E-state index contributed by atoms with van der Waals surface area (Å²) in [5, 5.41) is 51.7. The van der Waals surface area contributed by atoms with E-state index in [1.54, 1.807) is 0 Å². The van der Waals surface area contributed by atoms with Gasteiger partial charge in [0.2, 0.25) is 0 Å². The first-order chi connectivity index (χ1) is 16.0. The molecule has 0 radical (unpaired) electrons. The highest BCUT2D eigenvalue weighted by Gasteiger charge is 2.41. The Morgan fingerprint density at radius 2 is 1.76 bits per heavy atom. The van der Waals surface area contributed by atoms with Gasteiger partial charge in [-0.15, -0.1) is 0 Å². The Labute approximate surface area is 196 Å². The highest BCUT2D eigenvalue weighted by atomic mass is 16.5. The van der Waals surface area contributed by atoms with E-state index in [9.17, 15) is 30.3 Å². The van der Waals surface area contributed by atoms with Crippen molar-refractivity contribution in [3.05, 3.63) is 57.4 Å². The summed E-state index contributed by atoms with van der Waals surface area (Å²) in [5.74, 6) is -0.123. The number of hydrogen-bond donors (Lipinski definition) is 5. The quantitative estimate of drug-likeness (QED) is 0.366. The van der Waals surface area contributed by atoms with E-state index in [2.05, 4.69) is 13.8 Å². The van der Waals surface area contributed by atoms with Crippen molar-refractivity contribution in [2.75, 3.05) is 0 Å². The second kappa shape index (κ2) is 8.85. The third-order valence-electron chi connectivity index (χ3n) is 6.49. The van der Waals surface area contributed by atoms with Gasteiger partial charge in [0.05, 0.1) is 6.10 Å². The zero-order chi connectivity index (χ0) is 24.8. The molecule has 8 nitrogen and oxygen atoms in total. The standard InChI is InChI=1S/C26H30O8/c1-13(2)5-4-6-26(3)22(30)10-17-19(34-26)12-20-23(25(17)32)18(29)11-21(33-20)24(31)14-7-15(27)9-16(28)8-14/h7-9,11-13,22,24,27-28,30-32H,4-6,10H2,1-3H3. The SMILES string of the molecule is CC(C)CCCC1(C)Oc2cc3oc(C(O)c4cc(O)cc(O)c4)cc(=O)c3c(O)c2CC1O. The number of aliphatic hydroxyl groups is 2. The number of rotatable bonds is 6. The molecule has 0 aliphatic carbocycles. The van der Waals surface area contributed by atoms with Crippen molar-refractivity contribution in [1.29, 1.82) is 0 Å². The molecule has 1 aliphatic rings. The van der Waals surface area contributed by atoms with Crippen LogP contribution < -0.4 is 10.2 Å². The molecule has 0 amide bonds. The van der Waals surface area contributed by atoms with Crippen LogP contribution in [0, 0.1) is 5.92 Å². The molecule has 182 valence electrons. The summed E-state index contributed by atoms with van der Waals surface area (Å²) in [5.41, 5.74) is -0.972. The number of phenolic OH excluding ortho intramolecular Hbond substituents is 3. The third kappa shape index (κ3) is 4.43. The Morgan fingerprint density at radius 3 is 2.41 bits per heavy atom. The number of phenols is 3. The maximum absolute atomic E-state index is 12.9. The molecule has 34 heavy (non-hydrogen) atoms. The van der Waals surface area contributed by atoms with Crippen LogP contribution in [0.15, 0.2) is 39.5 Å². The van der Waals surface area contributed by atoms with Gasteiger partial charge in [0.25, 0.3) is 0 Å². The van der Waals surface area contributed by atoms with E-state index in [-0.39, 0.29) is 46.0 Å². The summed E-state index contributed by atoms with van der Waals surface area (Å²) in [6, 6.07) is 6.14. The predicted octanol–water partition coefficient (Wildman–Crippen LogP) is 3.87. The predicted molar refractivity (Wildman–Crippen MR) is 125 cm³/mol. The van der Waals surface area contributed by atoms with Crippen molar-refractivity contribution in [3.63, 3.8) is 0 Å². The minimum atomic E-state index is -1.45. The molecule has 8 heteroatoms. The maximum atomic E-state index is 12.9. The molecule has 1 aromatic heterocycles. The molecule has 2 heterocycles. The fourth-order valence-electron chi connectivity index (χ4n) is 4.51. The lowest BCUT2D eigenvalue weighted by molar-refractivity contribution is -0.0613. The van der Waals surface area contributed by atoms with Crippen LogP contribution in [0.2, 0.25) is 0 Å². The van der Waals surface area contributed by atoms with Crippen molar-refractivity contribution in [2.45, 2.75) is 64.3 Å². The maximum Gasteiger partial charge on any atom is 0.196 e. The second-order valence-corrected chi connectivity index (χ2v) is 9.69. The van der Waals surface area contributed by atoms with E-state index < -0.39 is 23.2 Å². The van der Waals surface area contributed by atoms with Gasteiger partial charge in [0.1, 0.15) is 51.4 Å². The number of fused-ring (bicyclic) bond motifs is 2. The van der Waals surface area contributed by atoms with Gasteiger partial charge in [-0.05, 0) is 43.4 Å². The Kier molecular flexibility index (Phi) is 6.22. The van der Waals surface area contributed by atoms with Gasteiger partial charge in [0, 0.05) is 30.2 Å². The average Bonchev–Trinajstić information content (AvgIpc) is 2.73. The lowest BCUT2D eigenvalue weighted by Crippen LogP contribution is -2.49. The van der Waals surface area contributed by atoms with Crippen LogP contribution in [0.1, 0.15) is 63.0 Å². The first kappa shape index (κ1) is 23.9. The van der Waals surface area contributed by atoms with Gasteiger partial charge in [-0.2, -0.15) is 0 Å². The van der Waals surface area contributed by atoms with Crippen LogP contribution in [-0.2, 0) is 6.42 Å². The van der Waals surface area contributed by atoms with Crippen LogP contribution in [0.4, 0.5) is 0 Å². The minimum absolute atomic E-state index is 0.0168. The van der Waals surface area contributed by atoms with Crippen LogP contribution in [0.5, 0.6) is 23.0 Å². The number of aliphatic hydroxyl groups excluding tert-OH is 2. The minimum Gasteiger partial charge on any atom is -0.508 e. The summed E-state index contributed by atoms with van der Waals surface area (Å²) in [7, 11) is 0. The topological polar surface area (TPSA) is 141 Å². The Bertz CT molecular complexity index is 1260. The molecule has 0 saturated heterocycles. The Balaban J connectivity index is 1.75. The second-order valence-electron chi connectivity index (χ2n) is 9.69. The molecule has 0 saturated carbocycles. The molecule has 2 aromatic carbocycles. The zero-order valence-corrected chi connectivity index (χ0v) is 19.4. The lowest BCUT2D eigenvalue weighted by Gasteiger charge is -2.40. The highest BCUT2D eigenvalue weighted by Crippen LogP contribution is 2.44. The summed E-state index contributed by atoms with van der Waals surface area (Å²) in [6.45, 7) is 6.09. The highest BCUT2D eigenvalue weighted by molar-refractivity contribution is 5.87. The first-order valence-electron chi connectivity index (χ1n) is 11.4. The lowest BCUT2D eigenvalue weighted by atomic mass is 9.84. The van der Waals surface area contributed by atoms with E-state index in [1.807, 2.05) is 6.92 Å². The molecular weight excluding hydrogens is 440 g/mol. The molecule has 1 aliphatic heterocycles. The fourth-order valence-corrected chi connectivity index (χ4v) is 4.51. The zero-order valence-electron chi connectivity index (χ0n) is 19.4. The molecular formula is C26H30O8. The van der Waals surface area contributed by atoms with Crippen molar-refractivity contribution in [3.8, 4) is 23.0 Å². The number of benzene rings is 2. The fraction of sp³-hybridized carbons (Fsp3) is 0.423. The molecule has 5 N–H and O–H groups in total. The van der Waals surface area contributed by atoms with Crippen molar-refractivity contribution in [1.82, 2.24) is 0 Å². The van der Waals surface area contributed by atoms with Gasteiger partial charge >= 0.3 is 0 Å². The third-order valence-corrected chi connectivity index (χ3v) is 6.49. The van der Waals surface area contributed by atoms with E-state index in [0.717, 1.165) is 25.0 Å². The largest absolute Gasteiger partial charge is 0.508 e. The molecule has 0 bridgehead atoms. The van der Waals surface area contributed by atoms with Crippen LogP contribution >= 0.6 is 0 Å². The van der Waals surface area contributed by atoms with E-state index >= 15 is 0 Å². The van der Waals surface area contributed by atoms with Crippen LogP contribution in [0.25, 0.3) is 11.0 Å². The van der Waals surface area contributed by atoms with Gasteiger partial charge in [-0.25, -0.2) is 0 Å². The Hall–Kier alpha value is -3.23. The molecule has 0 spiro atoms. The van der Waals surface area contributed by atoms with Gasteiger partial charge in [-0.3, -0.25) is 4.79 Å². The molecule has 4 rings (SSSR count). The number of aromatic hydroxyl groups is 3. The van der Waals surface area contributed by atoms with Crippen molar-refractivity contribution < 1.29 is 34.7 Å². The van der Waals surface area contributed by atoms with Gasteiger partial charge in [-0.1, -0.05) is 20.3 Å². The van der Waals surface area contributed by atoms with Gasteiger partial charge in [0.15, 0.2) is 5.43 Å². The number of hydrogen-bond acceptors (Lipinski definition) is 8. The summed E-state index contributed by atoms with van der Waals surface area (Å²) in [4.78, 5) is 12.9. The van der Waals surface area contributed by atoms with E-state index in [0.29, 0.717) is 23.7 Å². The Morgan fingerprint density at radius 1 is 1.09 bits per heavy atom. The number of ether oxygens (including phenoxy) is 1. The van der Waals surface area contributed by atoms with Crippen LogP contribution in [-0.4, -0.2) is 37.2 Å². The molecule has 0 fully saturated rings.